The van der Waals surface area contributed by atoms with E-state index in [2.05, 4.69) is 23.2 Å². The number of benzene rings is 1. The molecule has 2 N–H and O–H groups in total. The molecule has 0 radical (unpaired) electrons. The van der Waals surface area contributed by atoms with Gasteiger partial charge in [0.2, 0.25) is 0 Å². The molecule has 0 aromatic heterocycles. The Kier molecular flexibility index (Phi) is 4.31. The maximum atomic E-state index is 12.6. The van der Waals surface area contributed by atoms with E-state index in [4.69, 9.17) is 4.74 Å². The molecular weight excluding hydrogens is 271 g/mol. The van der Waals surface area contributed by atoms with Crippen LogP contribution >= 0.6 is 0 Å². The van der Waals surface area contributed by atoms with Gasteiger partial charge >= 0.3 is 0 Å². The van der Waals surface area contributed by atoms with E-state index < -0.39 is 12.8 Å². The molecule has 2 aliphatic rings. The molecule has 2 aliphatic heterocycles. The molecule has 1 aromatic rings. The van der Waals surface area contributed by atoms with Crippen LogP contribution in [0.4, 0.5) is 10.1 Å². The third-order valence-electron chi connectivity index (χ3n) is 4.40. The van der Waals surface area contributed by atoms with Crippen molar-refractivity contribution in [3.05, 3.63) is 22.8 Å². The molecule has 3 rings (SSSR count). The van der Waals surface area contributed by atoms with Crippen LogP contribution in [0.2, 0.25) is 0 Å². The first-order valence-corrected chi connectivity index (χ1v) is 7.68. The van der Waals surface area contributed by atoms with E-state index in [1.807, 2.05) is 0 Å². The Morgan fingerprint density at radius 2 is 2.24 bits per heavy atom. The van der Waals surface area contributed by atoms with Gasteiger partial charge in [0.1, 0.15) is 19.0 Å². The van der Waals surface area contributed by atoms with E-state index in [0.29, 0.717) is 19.7 Å². The fraction of sp³-hybridized carbons (Fsp3) is 0.625. The molecule has 1 aromatic carbocycles. The molecule has 2 heterocycles. The Bertz CT molecular complexity index is 521. The van der Waals surface area contributed by atoms with Crippen LogP contribution in [0.3, 0.4) is 0 Å². The van der Waals surface area contributed by atoms with E-state index >= 15 is 0 Å². The molecule has 5 heteroatoms. The van der Waals surface area contributed by atoms with Crippen molar-refractivity contribution >= 4 is 5.69 Å². The van der Waals surface area contributed by atoms with Gasteiger partial charge in [-0.25, -0.2) is 4.39 Å². The highest BCUT2D eigenvalue weighted by Gasteiger charge is 2.26. The summed E-state index contributed by atoms with van der Waals surface area (Å²) in [6, 6.07) is 2.14. The van der Waals surface area contributed by atoms with E-state index in [-0.39, 0.29) is 0 Å². The molecule has 0 aliphatic carbocycles. The third-order valence-corrected chi connectivity index (χ3v) is 4.40. The van der Waals surface area contributed by atoms with Gasteiger partial charge in [-0.2, -0.15) is 0 Å². The average molecular weight is 294 g/mol. The first-order chi connectivity index (χ1) is 10.2. The van der Waals surface area contributed by atoms with Crippen LogP contribution in [0.5, 0.6) is 5.75 Å². The Hall–Kier alpha value is -1.33. The summed E-state index contributed by atoms with van der Waals surface area (Å²) in [5.74, 6) is 0.880. The number of nitrogens with zero attached hydrogens (tertiary/aromatic N) is 1. The summed E-state index contributed by atoms with van der Waals surface area (Å²) in [4.78, 5) is 2.07. The summed E-state index contributed by atoms with van der Waals surface area (Å²) in [5, 5.41) is 13.1. The number of β-amino-alcohol motifs (C(OH)–C–C–N with tert-alkyl or cyclic N) is 1. The van der Waals surface area contributed by atoms with Gasteiger partial charge in [-0.1, -0.05) is 0 Å². The van der Waals surface area contributed by atoms with Crippen LogP contribution < -0.4 is 15.0 Å². The maximum absolute atomic E-state index is 12.6. The molecule has 1 atom stereocenters. The fourth-order valence-electron chi connectivity index (χ4n) is 3.38. The number of aliphatic hydroxyl groups excluding tert-OH is 1. The molecule has 0 spiro atoms. The summed E-state index contributed by atoms with van der Waals surface area (Å²) in [6.45, 7) is 5.00. The highest BCUT2D eigenvalue weighted by atomic mass is 19.1. The summed E-state index contributed by atoms with van der Waals surface area (Å²) in [7, 11) is 0. The molecule has 0 saturated carbocycles. The second-order valence-electron chi connectivity index (χ2n) is 5.84. The predicted octanol–water partition coefficient (Wildman–Crippen LogP) is 1.21. The monoisotopic (exact) mass is 294 g/mol. The molecule has 0 bridgehead atoms. The fourth-order valence-corrected chi connectivity index (χ4v) is 3.38. The van der Waals surface area contributed by atoms with Crippen molar-refractivity contribution in [3.63, 3.8) is 0 Å². The van der Waals surface area contributed by atoms with Crippen molar-refractivity contribution in [3.8, 4) is 5.75 Å². The zero-order valence-corrected chi connectivity index (χ0v) is 12.5. The van der Waals surface area contributed by atoms with Gasteiger partial charge in [0.05, 0.1) is 18.3 Å². The van der Waals surface area contributed by atoms with Crippen molar-refractivity contribution < 1.29 is 14.2 Å². The van der Waals surface area contributed by atoms with Crippen LogP contribution in [-0.2, 0) is 12.8 Å². The van der Waals surface area contributed by atoms with Gasteiger partial charge in [-0.05, 0) is 55.6 Å². The van der Waals surface area contributed by atoms with E-state index in [1.54, 1.807) is 0 Å². The van der Waals surface area contributed by atoms with Gasteiger partial charge in [0.15, 0.2) is 0 Å². The number of aliphatic hydroxyl groups is 1. The summed E-state index contributed by atoms with van der Waals surface area (Å²) >= 11 is 0. The summed E-state index contributed by atoms with van der Waals surface area (Å²) in [5.41, 5.74) is 4.99. The van der Waals surface area contributed by atoms with Crippen LogP contribution in [0, 0.1) is 6.92 Å². The van der Waals surface area contributed by atoms with E-state index in [9.17, 15) is 9.50 Å². The number of halogens is 1. The first-order valence-electron chi connectivity index (χ1n) is 7.68. The zero-order chi connectivity index (χ0) is 14.8. The lowest BCUT2D eigenvalue weighted by molar-refractivity contribution is 0.142. The number of hydrogen-bond acceptors (Lipinski definition) is 4. The van der Waals surface area contributed by atoms with Crippen molar-refractivity contribution in [1.29, 1.82) is 0 Å². The maximum Gasteiger partial charge on any atom is 0.143 e. The molecule has 21 heavy (non-hydrogen) atoms. The van der Waals surface area contributed by atoms with Crippen LogP contribution in [0.15, 0.2) is 6.07 Å². The smallest absolute Gasteiger partial charge is 0.143 e. The zero-order valence-electron chi connectivity index (χ0n) is 12.5. The van der Waals surface area contributed by atoms with Gasteiger partial charge in [-0.3, -0.25) is 0 Å². The van der Waals surface area contributed by atoms with Crippen LogP contribution in [0.1, 0.15) is 16.7 Å². The van der Waals surface area contributed by atoms with E-state index in [1.165, 1.54) is 16.7 Å². The average Bonchev–Trinajstić information content (AvgIpc) is 2.73. The molecule has 0 amide bonds. The minimum absolute atomic E-state index is 0.324. The Morgan fingerprint density at radius 1 is 1.43 bits per heavy atom. The topological polar surface area (TPSA) is 44.7 Å². The Balaban J connectivity index is 1.99. The Morgan fingerprint density at radius 3 is 3.05 bits per heavy atom. The lowest BCUT2D eigenvalue weighted by Crippen LogP contribution is -2.39. The van der Waals surface area contributed by atoms with Crippen LogP contribution in [0.25, 0.3) is 0 Å². The van der Waals surface area contributed by atoms with Gasteiger partial charge < -0.3 is 20.1 Å². The minimum atomic E-state index is -0.934. The lowest BCUT2D eigenvalue weighted by Gasteiger charge is -2.35. The number of nitrogens with one attached hydrogen (secondary N) is 1. The predicted molar refractivity (Wildman–Crippen MR) is 81.1 cm³/mol. The minimum Gasteiger partial charge on any atom is -0.490 e. The SMILES string of the molecule is Cc1c2c(cc3c1N(C[C@@H](O)CF)CCO3)CCNCC2. The van der Waals surface area contributed by atoms with Crippen molar-refractivity contribution in [1.82, 2.24) is 5.32 Å². The molecule has 116 valence electrons. The number of rotatable bonds is 3. The highest BCUT2D eigenvalue weighted by Crippen LogP contribution is 2.39. The van der Waals surface area contributed by atoms with Crippen LogP contribution in [-0.4, -0.2) is 50.7 Å². The number of fused-ring (bicyclic) bond motifs is 2. The first kappa shape index (κ1) is 14.6. The van der Waals surface area contributed by atoms with Gasteiger partial charge in [-0.15, -0.1) is 0 Å². The quantitative estimate of drug-likeness (QED) is 0.880. The van der Waals surface area contributed by atoms with Gasteiger partial charge in [0.25, 0.3) is 0 Å². The number of hydrogen-bond donors (Lipinski definition) is 2. The largest absolute Gasteiger partial charge is 0.490 e. The molecule has 0 fully saturated rings. The summed E-state index contributed by atoms with van der Waals surface area (Å²) < 4.78 is 18.4. The normalized spacial score (nSPS) is 19.3. The number of ether oxygens (including phenoxy) is 1. The van der Waals surface area contributed by atoms with Crippen molar-refractivity contribution in [2.45, 2.75) is 25.9 Å². The second kappa shape index (κ2) is 6.20. The highest BCUT2D eigenvalue weighted by molar-refractivity contribution is 5.69. The summed E-state index contributed by atoms with van der Waals surface area (Å²) in [6.07, 6.45) is 1.09. The third kappa shape index (κ3) is 2.85. The molecular formula is C16H23FN2O2. The number of anilines is 1. The second-order valence-corrected chi connectivity index (χ2v) is 5.84. The van der Waals surface area contributed by atoms with Crippen molar-refractivity contribution in [2.75, 3.05) is 44.4 Å². The molecule has 0 saturated heterocycles. The number of alkyl halides is 1. The lowest BCUT2D eigenvalue weighted by atomic mass is 9.94. The molecule has 0 unspecified atom stereocenters. The molecule has 4 nitrogen and oxygen atoms in total. The van der Waals surface area contributed by atoms with Gasteiger partial charge in [0, 0.05) is 6.54 Å². The standard InChI is InChI=1S/C16H23FN2O2/c1-11-14-3-5-18-4-2-12(14)8-15-16(11)19(6-7-21-15)10-13(20)9-17/h8,13,18,20H,2-7,9-10H2,1H3/t13-/m0/s1. The van der Waals surface area contributed by atoms with Crippen molar-refractivity contribution in [2.24, 2.45) is 0 Å². The Labute approximate surface area is 124 Å². The van der Waals surface area contributed by atoms with E-state index in [0.717, 1.165) is 37.4 Å².